The average molecular weight is 328 g/mol. The highest BCUT2D eigenvalue weighted by atomic mass is 15.2. The third-order valence-electron chi connectivity index (χ3n) is 4.45. The predicted molar refractivity (Wildman–Crippen MR) is 99.6 cm³/mol. The van der Waals surface area contributed by atoms with Crippen LogP contribution in [0, 0.1) is 11.8 Å². The molecule has 24 heavy (non-hydrogen) atoms. The number of hydrogen-bond donors (Lipinski definition) is 2. The van der Waals surface area contributed by atoms with Crippen LogP contribution in [-0.4, -0.2) is 87.4 Å². The van der Waals surface area contributed by atoms with Crippen LogP contribution in [-0.2, 0) is 0 Å². The van der Waals surface area contributed by atoms with Crippen LogP contribution in [0.25, 0.3) is 0 Å². The molecule has 1 aliphatic carbocycles. The summed E-state index contributed by atoms with van der Waals surface area (Å²) in [5, 5.41) is 6.91. The van der Waals surface area contributed by atoms with Gasteiger partial charge in [0.2, 0.25) is 0 Å². The van der Waals surface area contributed by atoms with Crippen molar-refractivity contribution < 1.29 is 0 Å². The molecule has 0 amide bonds. The molecule has 0 bridgehead atoms. The summed E-state index contributed by atoms with van der Waals surface area (Å²) >= 11 is 0. The van der Waals surface area contributed by atoms with Crippen molar-refractivity contribution >= 4 is 11.7 Å². The van der Waals surface area contributed by atoms with Gasteiger partial charge in [-0.2, -0.15) is 0 Å². The van der Waals surface area contributed by atoms with Crippen LogP contribution >= 0.6 is 0 Å². The summed E-state index contributed by atoms with van der Waals surface area (Å²) < 4.78 is 0. The van der Waals surface area contributed by atoms with Gasteiger partial charge < -0.3 is 15.5 Å². The fourth-order valence-corrected chi connectivity index (χ4v) is 3.12. The molecular formula is C18H28N6. The molecule has 3 rings (SSSR count). The second-order valence-electron chi connectivity index (χ2n) is 6.76. The summed E-state index contributed by atoms with van der Waals surface area (Å²) in [6, 6.07) is 0.151. The molecule has 0 saturated carbocycles. The number of rotatable bonds is 6. The molecule has 0 aromatic rings. The van der Waals surface area contributed by atoms with Crippen molar-refractivity contribution in [2.45, 2.75) is 18.9 Å². The number of piperazine rings is 1. The van der Waals surface area contributed by atoms with Crippen LogP contribution in [0.5, 0.6) is 0 Å². The van der Waals surface area contributed by atoms with Crippen LogP contribution in [0.1, 0.15) is 12.8 Å². The maximum absolute atomic E-state index is 4.85. The van der Waals surface area contributed by atoms with Crippen LogP contribution in [0.3, 0.4) is 0 Å². The van der Waals surface area contributed by atoms with E-state index >= 15 is 0 Å². The number of allylic oxidation sites excluding steroid dienone is 1. The molecule has 1 saturated heterocycles. The van der Waals surface area contributed by atoms with Crippen molar-refractivity contribution in [2.24, 2.45) is 9.98 Å². The van der Waals surface area contributed by atoms with Gasteiger partial charge in [0.05, 0.1) is 12.6 Å². The highest BCUT2D eigenvalue weighted by Gasteiger charge is 2.25. The standard InChI is InChI=1S/C18H28N6/c1-23(2)11-5-8-20-18-15-6-3-4-7-16(15)21-17(22-18)14-24-12-9-19-10-13-24/h6,16,19H,5,7-14H2,1-2H3,(H,20,21,22). The lowest BCUT2D eigenvalue weighted by Crippen LogP contribution is -2.46. The summed E-state index contributed by atoms with van der Waals surface area (Å²) in [6.07, 6.45) is 3.88. The Morgan fingerprint density at radius 2 is 2.21 bits per heavy atom. The van der Waals surface area contributed by atoms with E-state index in [4.69, 9.17) is 9.98 Å². The quantitative estimate of drug-likeness (QED) is 0.530. The summed E-state index contributed by atoms with van der Waals surface area (Å²) in [5.41, 5.74) is 1.16. The molecule has 2 aliphatic heterocycles. The van der Waals surface area contributed by atoms with Crippen molar-refractivity contribution in [1.82, 2.24) is 20.4 Å². The minimum atomic E-state index is 0.151. The predicted octanol–water partition coefficient (Wildman–Crippen LogP) is -0.0544. The van der Waals surface area contributed by atoms with Gasteiger partial charge in [0.15, 0.2) is 0 Å². The first-order valence-electron chi connectivity index (χ1n) is 8.88. The molecule has 1 fully saturated rings. The molecule has 1 atom stereocenters. The lowest BCUT2D eigenvalue weighted by molar-refractivity contribution is 0.271. The number of fused-ring (bicyclic) bond motifs is 1. The van der Waals surface area contributed by atoms with Gasteiger partial charge in [-0.05, 0) is 33.1 Å². The van der Waals surface area contributed by atoms with Crippen LogP contribution in [0.4, 0.5) is 0 Å². The normalized spacial score (nSPS) is 23.6. The monoisotopic (exact) mass is 328 g/mol. The van der Waals surface area contributed by atoms with Crippen molar-refractivity contribution in [3.05, 3.63) is 11.6 Å². The zero-order chi connectivity index (χ0) is 16.8. The van der Waals surface area contributed by atoms with Gasteiger partial charge >= 0.3 is 0 Å². The van der Waals surface area contributed by atoms with Gasteiger partial charge in [-0.3, -0.25) is 9.89 Å². The molecule has 2 N–H and O–H groups in total. The highest BCUT2D eigenvalue weighted by molar-refractivity contribution is 6.10. The lowest BCUT2D eigenvalue weighted by Gasteiger charge is -2.29. The second-order valence-corrected chi connectivity index (χ2v) is 6.76. The highest BCUT2D eigenvalue weighted by Crippen LogP contribution is 2.19. The van der Waals surface area contributed by atoms with Gasteiger partial charge in [-0.25, -0.2) is 4.99 Å². The van der Waals surface area contributed by atoms with E-state index in [2.05, 4.69) is 46.4 Å². The summed E-state index contributed by atoms with van der Waals surface area (Å²) in [4.78, 5) is 14.3. The van der Waals surface area contributed by atoms with Crippen molar-refractivity contribution in [3.8, 4) is 11.8 Å². The topological polar surface area (TPSA) is 55.3 Å². The zero-order valence-corrected chi connectivity index (χ0v) is 14.8. The number of amidine groups is 2. The van der Waals surface area contributed by atoms with Crippen LogP contribution in [0.2, 0.25) is 0 Å². The van der Waals surface area contributed by atoms with Gasteiger partial charge in [-0.15, -0.1) is 0 Å². The second kappa shape index (κ2) is 8.43. The van der Waals surface area contributed by atoms with Gasteiger partial charge in [0.25, 0.3) is 0 Å². The molecule has 3 aliphatic rings. The van der Waals surface area contributed by atoms with Crippen molar-refractivity contribution in [2.75, 3.05) is 59.9 Å². The van der Waals surface area contributed by atoms with Crippen LogP contribution < -0.4 is 10.6 Å². The van der Waals surface area contributed by atoms with E-state index in [9.17, 15) is 0 Å². The van der Waals surface area contributed by atoms with E-state index in [0.29, 0.717) is 0 Å². The van der Waals surface area contributed by atoms with E-state index in [1.165, 1.54) is 0 Å². The summed E-state index contributed by atoms with van der Waals surface area (Å²) in [5.74, 6) is 8.18. The van der Waals surface area contributed by atoms with Crippen molar-refractivity contribution in [3.63, 3.8) is 0 Å². The smallest absolute Gasteiger partial charge is 0.140 e. The first-order valence-corrected chi connectivity index (χ1v) is 8.88. The molecule has 0 aromatic carbocycles. The van der Waals surface area contributed by atoms with E-state index in [-0.39, 0.29) is 6.04 Å². The molecule has 6 heteroatoms. The number of nitrogens with zero attached hydrogens (tertiary/aromatic N) is 4. The molecule has 0 spiro atoms. The molecule has 1 unspecified atom stereocenters. The van der Waals surface area contributed by atoms with E-state index in [0.717, 1.165) is 75.9 Å². The number of nitrogens with one attached hydrogen (secondary N) is 2. The van der Waals surface area contributed by atoms with Gasteiger partial charge in [0, 0.05) is 44.7 Å². The van der Waals surface area contributed by atoms with E-state index < -0.39 is 0 Å². The molecular weight excluding hydrogens is 300 g/mol. The molecule has 130 valence electrons. The molecule has 6 nitrogen and oxygen atoms in total. The maximum Gasteiger partial charge on any atom is 0.140 e. The molecule has 2 heterocycles. The first kappa shape index (κ1) is 17.2. The Kier molecular flexibility index (Phi) is 6.02. The van der Waals surface area contributed by atoms with Crippen molar-refractivity contribution in [1.29, 1.82) is 0 Å². The first-order chi connectivity index (χ1) is 11.7. The largest absolute Gasteiger partial charge is 0.370 e. The Morgan fingerprint density at radius 1 is 1.38 bits per heavy atom. The summed E-state index contributed by atoms with van der Waals surface area (Å²) in [6.45, 7) is 7.06. The maximum atomic E-state index is 4.85. The Hall–Kier alpha value is -1.68. The SMILES string of the molecule is CN(C)CCCNC1=NC(CN2CCNCC2)=NC2CC#CC=C12. The Morgan fingerprint density at radius 3 is 3.00 bits per heavy atom. The fraction of sp³-hybridized carbons (Fsp3) is 0.667. The third-order valence-corrected chi connectivity index (χ3v) is 4.45. The van der Waals surface area contributed by atoms with Crippen LogP contribution in [0.15, 0.2) is 21.6 Å². The minimum Gasteiger partial charge on any atom is -0.370 e. The molecule has 0 radical (unpaired) electrons. The Labute approximate surface area is 145 Å². The minimum absolute atomic E-state index is 0.151. The van der Waals surface area contributed by atoms with E-state index in [1.807, 2.05) is 6.08 Å². The third kappa shape index (κ3) is 4.67. The Balaban J connectivity index is 1.64. The van der Waals surface area contributed by atoms with E-state index in [1.54, 1.807) is 0 Å². The van der Waals surface area contributed by atoms with Gasteiger partial charge in [-0.1, -0.05) is 11.8 Å². The average Bonchev–Trinajstić information content (AvgIpc) is 2.59. The zero-order valence-electron chi connectivity index (χ0n) is 14.8. The van der Waals surface area contributed by atoms with Gasteiger partial charge in [0.1, 0.15) is 11.7 Å². The molecule has 0 aromatic heterocycles. The Bertz CT molecular complexity index is 586. The fourth-order valence-electron chi connectivity index (χ4n) is 3.12. The lowest BCUT2D eigenvalue weighted by atomic mass is 9.98. The number of aliphatic imine (C=N–C) groups is 2. The summed E-state index contributed by atoms with van der Waals surface area (Å²) in [7, 11) is 4.21. The number of hydrogen-bond acceptors (Lipinski definition) is 6.